The van der Waals surface area contributed by atoms with Crippen LogP contribution in [0.25, 0.3) is 0 Å². The number of hydrogen-bond donors (Lipinski definition) is 1. The molecule has 0 saturated carbocycles. The predicted octanol–water partition coefficient (Wildman–Crippen LogP) is 1.62. The molecule has 0 aromatic heterocycles. The Hall–Kier alpha value is -1.55. The summed E-state index contributed by atoms with van der Waals surface area (Å²) in [4.78, 5) is 11.2. The minimum Gasteiger partial charge on any atom is -0.496 e. The monoisotopic (exact) mass is 249 g/mol. The van der Waals surface area contributed by atoms with Gasteiger partial charge in [-0.1, -0.05) is 12.1 Å². The Morgan fingerprint density at radius 3 is 2.89 bits per heavy atom. The van der Waals surface area contributed by atoms with Gasteiger partial charge in [-0.2, -0.15) is 0 Å². The maximum Gasteiger partial charge on any atom is 0.305 e. The minimum absolute atomic E-state index is 0.0564. The summed E-state index contributed by atoms with van der Waals surface area (Å²) in [5.41, 5.74) is 8.57. The van der Waals surface area contributed by atoms with Crippen molar-refractivity contribution >= 4 is 5.97 Å². The fourth-order valence-corrected chi connectivity index (χ4v) is 2.69. The highest BCUT2D eigenvalue weighted by Crippen LogP contribution is 2.39. The zero-order valence-electron chi connectivity index (χ0n) is 10.8. The van der Waals surface area contributed by atoms with E-state index in [-0.39, 0.29) is 17.9 Å². The summed E-state index contributed by atoms with van der Waals surface area (Å²) in [5, 5.41) is 0. The van der Waals surface area contributed by atoms with Crippen molar-refractivity contribution in [1.29, 1.82) is 0 Å². The van der Waals surface area contributed by atoms with E-state index in [1.165, 1.54) is 18.2 Å². The summed E-state index contributed by atoms with van der Waals surface area (Å²) in [6.45, 7) is 0. The van der Waals surface area contributed by atoms with Crippen LogP contribution < -0.4 is 10.5 Å². The number of carbonyl (C=O) groups excluding carboxylic acids is 1. The lowest BCUT2D eigenvalue weighted by atomic mass is 9.93. The van der Waals surface area contributed by atoms with Crippen LogP contribution in [0.15, 0.2) is 18.2 Å². The molecule has 1 aromatic carbocycles. The number of rotatable bonds is 4. The van der Waals surface area contributed by atoms with Crippen LogP contribution in [0.1, 0.15) is 29.9 Å². The molecular formula is C14H19NO3. The van der Waals surface area contributed by atoms with Crippen LogP contribution in [0.4, 0.5) is 0 Å². The van der Waals surface area contributed by atoms with E-state index in [0.717, 1.165) is 18.6 Å². The van der Waals surface area contributed by atoms with Crippen molar-refractivity contribution in [1.82, 2.24) is 0 Å². The van der Waals surface area contributed by atoms with Crippen molar-refractivity contribution in [2.75, 3.05) is 14.2 Å². The molecule has 4 nitrogen and oxygen atoms in total. The first-order chi connectivity index (χ1) is 8.67. The molecule has 1 aliphatic rings. The van der Waals surface area contributed by atoms with Crippen molar-refractivity contribution in [3.05, 3.63) is 29.3 Å². The van der Waals surface area contributed by atoms with Gasteiger partial charge in [0.2, 0.25) is 0 Å². The summed E-state index contributed by atoms with van der Waals surface area (Å²) >= 11 is 0. The Labute approximate surface area is 107 Å². The number of carbonyl (C=O) groups is 1. The first-order valence-electron chi connectivity index (χ1n) is 6.15. The van der Waals surface area contributed by atoms with E-state index < -0.39 is 0 Å². The number of fused-ring (bicyclic) bond motifs is 1. The van der Waals surface area contributed by atoms with Gasteiger partial charge in [0.15, 0.2) is 0 Å². The van der Waals surface area contributed by atoms with E-state index >= 15 is 0 Å². The first-order valence-corrected chi connectivity index (χ1v) is 6.15. The molecule has 2 rings (SSSR count). The predicted molar refractivity (Wildman–Crippen MR) is 68.7 cm³/mol. The SMILES string of the molecule is COC(=O)CCC1c2cccc(OC)c2CC1N. The number of benzene rings is 1. The molecule has 2 atom stereocenters. The van der Waals surface area contributed by atoms with Gasteiger partial charge in [0.05, 0.1) is 14.2 Å². The zero-order chi connectivity index (χ0) is 13.1. The second-order valence-corrected chi connectivity index (χ2v) is 4.62. The highest BCUT2D eigenvalue weighted by Gasteiger charge is 2.32. The molecule has 2 unspecified atom stereocenters. The molecule has 0 spiro atoms. The van der Waals surface area contributed by atoms with E-state index in [0.29, 0.717) is 6.42 Å². The van der Waals surface area contributed by atoms with E-state index in [1.807, 2.05) is 12.1 Å². The lowest BCUT2D eigenvalue weighted by Gasteiger charge is -2.15. The van der Waals surface area contributed by atoms with Crippen LogP contribution in [0.3, 0.4) is 0 Å². The smallest absolute Gasteiger partial charge is 0.305 e. The normalized spacial score (nSPS) is 21.5. The van der Waals surface area contributed by atoms with E-state index in [4.69, 9.17) is 10.5 Å². The Balaban J connectivity index is 2.17. The van der Waals surface area contributed by atoms with Gasteiger partial charge >= 0.3 is 5.97 Å². The van der Waals surface area contributed by atoms with Crippen molar-refractivity contribution in [3.8, 4) is 5.75 Å². The summed E-state index contributed by atoms with van der Waals surface area (Å²) < 4.78 is 10.0. The summed E-state index contributed by atoms with van der Waals surface area (Å²) in [5.74, 6) is 0.927. The van der Waals surface area contributed by atoms with Crippen LogP contribution in [-0.4, -0.2) is 26.2 Å². The van der Waals surface area contributed by atoms with Gasteiger partial charge in [-0.15, -0.1) is 0 Å². The Kier molecular flexibility index (Phi) is 3.87. The fourth-order valence-electron chi connectivity index (χ4n) is 2.69. The summed E-state index contributed by atoms with van der Waals surface area (Å²) in [7, 11) is 3.08. The number of nitrogens with two attached hydrogens (primary N) is 1. The highest BCUT2D eigenvalue weighted by molar-refractivity contribution is 5.69. The molecule has 0 saturated heterocycles. The van der Waals surface area contributed by atoms with Crippen molar-refractivity contribution in [2.45, 2.75) is 31.2 Å². The van der Waals surface area contributed by atoms with Crippen molar-refractivity contribution in [3.63, 3.8) is 0 Å². The van der Waals surface area contributed by atoms with E-state index in [9.17, 15) is 4.79 Å². The van der Waals surface area contributed by atoms with Crippen molar-refractivity contribution in [2.24, 2.45) is 5.73 Å². The molecule has 0 bridgehead atoms. The fraction of sp³-hybridized carbons (Fsp3) is 0.500. The summed E-state index contributed by atoms with van der Waals surface area (Å²) in [6.07, 6.45) is 1.95. The molecule has 0 heterocycles. The topological polar surface area (TPSA) is 61.5 Å². The van der Waals surface area contributed by atoms with Gasteiger partial charge in [-0.25, -0.2) is 0 Å². The second kappa shape index (κ2) is 5.40. The van der Waals surface area contributed by atoms with Gasteiger partial charge in [-0.05, 0) is 30.0 Å². The second-order valence-electron chi connectivity index (χ2n) is 4.62. The van der Waals surface area contributed by atoms with Crippen LogP contribution in [0.2, 0.25) is 0 Å². The maximum atomic E-state index is 11.2. The Morgan fingerprint density at radius 2 is 2.22 bits per heavy atom. The molecule has 18 heavy (non-hydrogen) atoms. The molecular weight excluding hydrogens is 230 g/mol. The average Bonchev–Trinajstić information content (AvgIpc) is 2.71. The van der Waals surface area contributed by atoms with Crippen LogP contribution >= 0.6 is 0 Å². The van der Waals surface area contributed by atoms with Gasteiger partial charge in [-0.3, -0.25) is 4.79 Å². The number of esters is 1. The lowest BCUT2D eigenvalue weighted by molar-refractivity contribution is -0.140. The molecule has 0 aliphatic heterocycles. The standard InChI is InChI=1S/C14H19NO3/c1-17-13-5-3-4-9-10(6-7-14(16)18-2)12(15)8-11(9)13/h3-5,10,12H,6-8,15H2,1-2H3. The third-order valence-corrected chi connectivity index (χ3v) is 3.63. The maximum absolute atomic E-state index is 11.2. The molecule has 0 radical (unpaired) electrons. The quantitative estimate of drug-likeness (QED) is 0.824. The van der Waals surface area contributed by atoms with Gasteiger partial charge in [0.25, 0.3) is 0 Å². The van der Waals surface area contributed by atoms with Crippen molar-refractivity contribution < 1.29 is 14.3 Å². The minimum atomic E-state index is -0.182. The Morgan fingerprint density at radius 1 is 1.44 bits per heavy atom. The van der Waals surface area contributed by atoms with Gasteiger partial charge < -0.3 is 15.2 Å². The molecule has 0 amide bonds. The Bertz CT molecular complexity index is 445. The van der Waals surface area contributed by atoms with Gasteiger partial charge in [0.1, 0.15) is 5.75 Å². The molecule has 1 aliphatic carbocycles. The number of ether oxygens (including phenoxy) is 2. The molecule has 1 aromatic rings. The molecule has 2 N–H and O–H groups in total. The number of hydrogen-bond acceptors (Lipinski definition) is 4. The molecule has 0 fully saturated rings. The largest absolute Gasteiger partial charge is 0.496 e. The van der Waals surface area contributed by atoms with Crippen LogP contribution in [0.5, 0.6) is 5.75 Å². The highest BCUT2D eigenvalue weighted by atomic mass is 16.5. The van der Waals surface area contributed by atoms with E-state index in [2.05, 4.69) is 10.8 Å². The first kappa shape index (κ1) is 12.9. The third kappa shape index (κ3) is 2.34. The summed E-state index contributed by atoms with van der Waals surface area (Å²) in [6, 6.07) is 6.06. The van der Waals surface area contributed by atoms with Crippen LogP contribution in [-0.2, 0) is 16.0 Å². The van der Waals surface area contributed by atoms with Gasteiger partial charge in [0, 0.05) is 18.4 Å². The van der Waals surface area contributed by atoms with Crippen LogP contribution in [0, 0.1) is 0 Å². The average molecular weight is 249 g/mol. The number of methoxy groups -OCH3 is 2. The molecule has 98 valence electrons. The third-order valence-electron chi connectivity index (χ3n) is 3.63. The molecule has 4 heteroatoms. The zero-order valence-corrected chi connectivity index (χ0v) is 10.8. The lowest BCUT2D eigenvalue weighted by Crippen LogP contribution is -2.25. The van der Waals surface area contributed by atoms with E-state index in [1.54, 1.807) is 7.11 Å².